The van der Waals surface area contributed by atoms with Crippen molar-refractivity contribution in [2.75, 3.05) is 0 Å². The maximum Gasteiger partial charge on any atom is 0.0165 e. The van der Waals surface area contributed by atoms with E-state index in [1.165, 1.54) is 110 Å². The van der Waals surface area contributed by atoms with Crippen LogP contribution in [0.25, 0.3) is 88.0 Å². The molecule has 0 saturated heterocycles. The van der Waals surface area contributed by atoms with Gasteiger partial charge in [0.15, 0.2) is 0 Å². The third kappa shape index (κ3) is 4.20. The number of hydrogen-bond donors (Lipinski definition) is 0. The Labute approximate surface area is 317 Å². The SMILES string of the molecule is CC1(C)c2ccccc2-c2c1c(-c1cccc(-c3c4ccccc4c(-c4ccc5ccccc5c4)c4ccccc34)c1)cc1c2C(C)(C)c2ccccc2-1. The Balaban J connectivity index is 1.19. The highest BCUT2D eigenvalue weighted by Gasteiger charge is 2.46. The molecule has 2 aliphatic rings. The van der Waals surface area contributed by atoms with Crippen molar-refractivity contribution in [2.24, 2.45) is 0 Å². The van der Waals surface area contributed by atoms with Crippen LogP contribution in [0.2, 0.25) is 0 Å². The molecular weight excluding hydrogens is 649 g/mol. The Kier molecular flexibility index (Phi) is 6.46. The fourth-order valence-corrected chi connectivity index (χ4v) is 10.4. The van der Waals surface area contributed by atoms with Gasteiger partial charge < -0.3 is 0 Å². The highest BCUT2D eigenvalue weighted by Crippen LogP contribution is 2.61. The van der Waals surface area contributed by atoms with Crippen LogP contribution in [0, 0.1) is 0 Å². The zero-order valence-corrected chi connectivity index (χ0v) is 31.2. The predicted molar refractivity (Wildman–Crippen MR) is 230 cm³/mol. The molecule has 0 nitrogen and oxygen atoms in total. The fraction of sp³-hybridized carbons (Fsp3) is 0.111. The molecule has 0 atom stereocenters. The van der Waals surface area contributed by atoms with E-state index >= 15 is 0 Å². The Morgan fingerprint density at radius 2 is 0.778 bits per heavy atom. The van der Waals surface area contributed by atoms with Crippen LogP contribution in [-0.4, -0.2) is 0 Å². The van der Waals surface area contributed by atoms with Crippen LogP contribution in [0.15, 0.2) is 170 Å². The van der Waals surface area contributed by atoms with Gasteiger partial charge in [0.05, 0.1) is 0 Å². The van der Waals surface area contributed by atoms with Gasteiger partial charge in [-0.1, -0.05) is 179 Å². The molecule has 0 amide bonds. The number of hydrogen-bond acceptors (Lipinski definition) is 0. The van der Waals surface area contributed by atoms with Gasteiger partial charge in [-0.3, -0.25) is 0 Å². The van der Waals surface area contributed by atoms with Gasteiger partial charge in [-0.2, -0.15) is 0 Å². The highest BCUT2D eigenvalue weighted by molar-refractivity contribution is 6.22. The maximum atomic E-state index is 2.54. The minimum Gasteiger partial charge on any atom is -0.0619 e. The summed E-state index contributed by atoms with van der Waals surface area (Å²) in [6.45, 7) is 9.70. The maximum absolute atomic E-state index is 2.54. The summed E-state index contributed by atoms with van der Waals surface area (Å²) in [5.74, 6) is 0. The van der Waals surface area contributed by atoms with Gasteiger partial charge in [0.2, 0.25) is 0 Å². The summed E-state index contributed by atoms with van der Waals surface area (Å²) in [6, 6.07) is 63.8. The average molecular weight is 689 g/mol. The number of rotatable bonds is 3. The second-order valence-corrected chi connectivity index (χ2v) is 16.4. The van der Waals surface area contributed by atoms with Gasteiger partial charge in [0, 0.05) is 10.8 Å². The summed E-state index contributed by atoms with van der Waals surface area (Å²) in [6.07, 6.45) is 0. The minimum absolute atomic E-state index is 0.103. The summed E-state index contributed by atoms with van der Waals surface area (Å²) >= 11 is 0. The van der Waals surface area contributed by atoms with Gasteiger partial charge in [-0.25, -0.2) is 0 Å². The molecule has 2 aliphatic carbocycles. The average Bonchev–Trinajstić information content (AvgIpc) is 3.59. The van der Waals surface area contributed by atoms with Crippen LogP contribution >= 0.6 is 0 Å². The summed E-state index contributed by atoms with van der Waals surface area (Å²) in [5.41, 5.74) is 18.7. The van der Waals surface area contributed by atoms with Crippen molar-refractivity contribution in [3.05, 3.63) is 192 Å². The Hall–Kier alpha value is -6.24. The smallest absolute Gasteiger partial charge is 0.0165 e. The first-order chi connectivity index (χ1) is 26.3. The first kappa shape index (κ1) is 31.3. The molecular formula is C54H40. The molecule has 0 saturated carbocycles. The van der Waals surface area contributed by atoms with Gasteiger partial charge in [-0.15, -0.1) is 0 Å². The van der Waals surface area contributed by atoms with Crippen LogP contribution < -0.4 is 0 Å². The van der Waals surface area contributed by atoms with E-state index < -0.39 is 0 Å². The Bertz CT molecular complexity index is 2990. The van der Waals surface area contributed by atoms with E-state index in [4.69, 9.17) is 0 Å². The van der Waals surface area contributed by atoms with Crippen LogP contribution in [0.1, 0.15) is 49.9 Å². The number of fused-ring (bicyclic) bond motifs is 10. The van der Waals surface area contributed by atoms with E-state index in [-0.39, 0.29) is 10.8 Å². The summed E-state index contributed by atoms with van der Waals surface area (Å²) in [4.78, 5) is 0. The molecule has 0 bridgehead atoms. The topological polar surface area (TPSA) is 0 Å². The van der Waals surface area contributed by atoms with Crippen molar-refractivity contribution < 1.29 is 0 Å². The van der Waals surface area contributed by atoms with E-state index in [1.54, 1.807) is 0 Å². The zero-order valence-electron chi connectivity index (χ0n) is 31.2. The molecule has 0 radical (unpaired) electrons. The molecule has 0 aromatic heterocycles. The standard InChI is InChI=1S/C54H40/c1-53(2)46-26-13-11-20-38(46)45-32-44(51-50(52(45)53)43-25-12-14-27-47(43)54(51,3)4)35-18-15-19-36(31-35)48-39-21-7-9-23-41(39)49(42-24-10-8-22-40(42)48)37-29-28-33-16-5-6-17-34(33)30-37/h5-32H,1-4H3. The Morgan fingerprint density at radius 3 is 1.43 bits per heavy atom. The summed E-state index contributed by atoms with van der Waals surface area (Å²) in [7, 11) is 0. The van der Waals surface area contributed by atoms with Crippen molar-refractivity contribution in [3.8, 4) is 55.6 Å². The first-order valence-electron chi connectivity index (χ1n) is 19.3. The van der Waals surface area contributed by atoms with E-state index in [1.807, 2.05) is 0 Å². The monoisotopic (exact) mass is 688 g/mol. The van der Waals surface area contributed by atoms with Crippen molar-refractivity contribution in [1.29, 1.82) is 0 Å². The minimum atomic E-state index is -0.155. The van der Waals surface area contributed by atoms with Crippen molar-refractivity contribution in [3.63, 3.8) is 0 Å². The second-order valence-electron chi connectivity index (χ2n) is 16.4. The molecule has 256 valence electrons. The molecule has 0 fully saturated rings. The molecule has 0 heterocycles. The van der Waals surface area contributed by atoms with Crippen molar-refractivity contribution in [2.45, 2.75) is 38.5 Å². The molecule has 0 unspecified atom stereocenters. The van der Waals surface area contributed by atoms with E-state index in [9.17, 15) is 0 Å². The van der Waals surface area contributed by atoms with Gasteiger partial charge in [-0.05, 0) is 128 Å². The third-order valence-electron chi connectivity index (χ3n) is 12.8. The molecule has 0 N–H and O–H groups in total. The van der Waals surface area contributed by atoms with Crippen LogP contribution in [0.3, 0.4) is 0 Å². The molecule has 9 aromatic carbocycles. The fourth-order valence-electron chi connectivity index (χ4n) is 10.4. The number of benzene rings is 9. The lowest BCUT2D eigenvalue weighted by molar-refractivity contribution is 0.648. The molecule has 0 spiro atoms. The lowest BCUT2D eigenvalue weighted by Crippen LogP contribution is -2.19. The molecule has 0 heteroatoms. The lowest BCUT2D eigenvalue weighted by Gasteiger charge is -2.29. The van der Waals surface area contributed by atoms with E-state index in [0.717, 1.165) is 0 Å². The summed E-state index contributed by atoms with van der Waals surface area (Å²) in [5, 5.41) is 7.64. The zero-order chi connectivity index (χ0) is 36.3. The van der Waals surface area contributed by atoms with Crippen LogP contribution in [0.5, 0.6) is 0 Å². The second kappa shape index (κ2) is 11.1. The molecule has 0 aliphatic heterocycles. The third-order valence-corrected chi connectivity index (χ3v) is 12.8. The van der Waals surface area contributed by atoms with Crippen molar-refractivity contribution in [1.82, 2.24) is 0 Å². The molecule has 11 rings (SSSR count). The molecule has 9 aromatic rings. The van der Waals surface area contributed by atoms with Gasteiger partial charge in [0.25, 0.3) is 0 Å². The first-order valence-corrected chi connectivity index (χ1v) is 19.3. The van der Waals surface area contributed by atoms with E-state index in [0.29, 0.717) is 0 Å². The molecule has 54 heavy (non-hydrogen) atoms. The predicted octanol–water partition coefficient (Wildman–Crippen LogP) is 14.8. The van der Waals surface area contributed by atoms with Crippen LogP contribution in [-0.2, 0) is 10.8 Å². The quantitative estimate of drug-likeness (QED) is 0.162. The largest absolute Gasteiger partial charge is 0.0619 e. The van der Waals surface area contributed by atoms with E-state index in [2.05, 4.69) is 198 Å². The van der Waals surface area contributed by atoms with Crippen molar-refractivity contribution >= 4 is 32.3 Å². The highest BCUT2D eigenvalue weighted by atomic mass is 14.5. The summed E-state index contributed by atoms with van der Waals surface area (Å²) < 4.78 is 0. The normalized spacial score (nSPS) is 14.6. The van der Waals surface area contributed by atoms with Gasteiger partial charge >= 0.3 is 0 Å². The Morgan fingerprint density at radius 1 is 0.296 bits per heavy atom. The van der Waals surface area contributed by atoms with Crippen LogP contribution in [0.4, 0.5) is 0 Å². The van der Waals surface area contributed by atoms with Gasteiger partial charge in [0.1, 0.15) is 0 Å². The lowest BCUT2D eigenvalue weighted by atomic mass is 9.74.